The van der Waals surface area contributed by atoms with Crippen LogP contribution in [0.25, 0.3) is 0 Å². The molecule has 0 aliphatic heterocycles. The van der Waals surface area contributed by atoms with E-state index in [0.717, 1.165) is 0 Å². The Morgan fingerprint density at radius 1 is 1.21 bits per heavy atom. The van der Waals surface area contributed by atoms with Gasteiger partial charge < -0.3 is 15.0 Å². The van der Waals surface area contributed by atoms with Gasteiger partial charge in [-0.1, -0.05) is 17.7 Å². The molecule has 0 radical (unpaired) electrons. The Hall–Kier alpha value is -2.60. The predicted octanol–water partition coefficient (Wildman–Crippen LogP) is 2.96. The standard InChI is InChI=1S/C17H16ClFN2O3/c1-21(10-16(22)20-14-7-5-13(19)6-8-14)17(23)11-24-15-4-2-3-12(18)9-15/h2-9H,10-11H2,1H3,(H,20,22). The van der Waals surface area contributed by atoms with E-state index in [4.69, 9.17) is 16.3 Å². The van der Waals surface area contributed by atoms with Crippen molar-refractivity contribution in [2.75, 3.05) is 25.5 Å². The van der Waals surface area contributed by atoms with Crippen LogP contribution in [0.5, 0.6) is 5.75 Å². The first-order valence-electron chi connectivity index (χ1n) is 7.12. The highest BCUT2D eigenvalue weighted by Crippen LogP contribution is 2.17. The van der Waals surface area contributed by atoms with Gasteiger partial charge in [-0.15, -0.1) is 0 Å². The highest BCUT2D eigenvalue weighted by Gasteiger charge is 2.14. The zero-order valence-electron chi connectivity index (χ0n) is 13.0. The maximum absolute atomic E-state index is 12.8. The van der Waals surface area contributed by atoms with Gasteiger partial charge in [0.15, 0.2) is 6.61 Å². The first kappa shape index (κ1) is 17.7. The van der Waals surface area contributed by atoms with Crippen molar-refractivity contribution >= 4 is 29.1 Å². The van der Waals surface area contributed by atoms with Crippen molar-refractivity contribution in [2.45, 2.75) is 0 Å². The van der Waals surface area contributed by atoms with Gasteiger partial charge in [-0.3, -0.25) is 9.59 Å². The van der Waals surface area contributed by atoms with Gasteiger partial charge in [-0.25, -0.2) is 4.39 Å². The summed E-state index contributed by atoms with van der Waals surface area (Å²) in [7, 11) is 1.49. The molecule has 0 aliphatic carbocycles. The van der Waals surface area contributed by atoms with E-state index in [9.17, 15) is 14.0 Å². The SMILES string of the molecule is CN(CC(=O)Nc1ccc(F)cc1)C(=O)COc1cccc(Cl)c1. The van der Waals surface area contributed by atoms with Crippen LogP contribution in [0.2, 0.25) is 5.02 Å². The molecule has 24 heavy (non-hydrogen) atoms. The fraction of sp³-hybridized carbons (Fsp3) is 0.176. The number of anilines is 1. The van der Waals surface area contributed by atoms with Gasteiger partial charge in [-0.05, 0) is 42.5 Å². The summed E-state index contributed by atoms with van der Waals surface area (Å²) in [4.78, 5) is 25.1. The Labute approximate surface area is 144 Å². The van der Waals surface area contributed by atoms with Gasteiger partial charge >= 0.3 is 0 Å². The number of hydrogen-bond donors (Lipinski definition) is 1. The van der Waals surface area contributed by atoms with Crippen molar-refractivity contribution in [3.8, 4) is 5.75 Å². The number of nitrogens with zero attached hydrogens (tertiary/aromatic N) is 1. The zero-order valence-corrected chi connectivity index (χ0v) is 13.7. The first-order chi connectivity index (χ1) is 11.4. The minimum absolute atomic E-state index is 0.144. The van der Waals surface area contributed by atoms with Gasteiger partial charge in [0.1, 0.15) is 11.6 Å². The second kappa shape index (κ2) is 8.31. The lowest BCUT2D eigenvalue weighted by Crippen LogP contribution is -2.37. The summed E-state index contributed by atoms with van der Waals surface area (Å²) in [5.74, 6) is -0.664. The number of likely N-dealkylation sites (N-methyl/N-ethyl adjacent to an activating group) is 1. The smallest absolute Gasteiger partial charge is 0.260 e. The largest absolute Gasteiger partial charge is 0.484 e. The minimum Gasteiger partial charge on any atom is -0.484 e. The lowest BCUT2D eigenvalue weighted by atomic mass is 10.3. The summed E-state index contributed by atoms with van der Waals surface area (Å²) in [6.07, 6.45) is 0. The molecule has 0 atom stereocenters. The second-order valence-corrected chi connectivity index (χ2v) is 5.49. The maximum atomic E-state index is 12.8. The molecule has 0 heterocycles. The van der Waals surface area contributed by atoms with E-state index in [-0.39, 0.29) is 25.0 Å². The summed E-state index contributed by atoms with van der Waals surface area (Å²) >= 11 is 5.83. The molecule has 2 aromatic rings. The van der Waals surface area contributed by atoms with E-state index in [2.05, 4.69) is 5.32 Å². The number of ether oxygens (including phenoxy) is 1. The van der Waals surface area contributed by atoms with Gasteiger partial charge in [0.05, 0.1) is 6.54 Å². The van der Waals surface area contributed by atoms with E-state index in [1.807, 2.05) is 0 Å². The van der Waals surface area contributed by atoms with Crippen molar-refractivity contribution in [3.05, 3.63) is 59.4 Å². The minimum atomic E-state index is -0.390. The highest BCUT2D eigenvalue weighted by molar-refractivity contribution is 6.30. The third-order valence-corrected chi connectivity index (χ3v) is 3.33. The highest BCUT2D eigenvalue weighted by atomic mass is 35.5. The predicted molar refractivity (Wildman–Crippen MR) is 89.6 cm³/mol. The molecule has 0 saturated heterocycles. The van der Waals surface area contributed by atoms with Crippen LogP contribution in [0, 0.1) is 5.82 Å². The van der Waals surface area contributed by atoms with Crippen LogP contribution in [0.1, 0.15) is 0 Å². The van der Waals surface area contributed by atoms with E-state index >= 15 is 0 Å². The molecule has 126 valence electrons. The Balaban J connectivity index is 1.80. The molecule has 0 spiro atoms. The third kappa shape index (κ3) is 5.55. The van der Waals surface area contributed by atoms with E-state index in [0.29, 0.717) is 16.5 Å². The topological polar surface area (TPSA) is 58.6 Å². The summed E-state index contributed by atoms with van der Waals surface area (Å²) in [6, 6.07) is 12.0. The maximum Gasteiger partial charge on any atom is 0.260 e. The lowest BCUT2D eigenvalue weighted by molar-refractivity contribution is -0.135. The number of benzene rings is 2. The molecular weight excluding hydrogens is 335 g/mol. The van der Waals surface area contributed by atoms with Gasteiger partial charge in [0.2, 0.25) is 5.91 Å². The van der Waals surface area contributed by atoms with Crippen LogP contribution in [-0.4, -0.2) is 36.9 Å². The van der Waals surface area contributed by atoms with Crippen molar-refractivity contribution in [2.24, 2.45) is 0 Å². The molecule has 0 saturated carbocycles. The summed E-state index contributed by atoms with van der Waals surface area (Å²) in [6.45, 7) is -0.351. The molecule has 2 rings (SSSR count). The molecule has 0 aromatic heterocycles. The molecular formula is C17H16ClFN2O3. The van der Waals surface area contributed by atoms with Gasteiger partial charge in [-0.2, -0.15) is 0 Å². The van der Waals surface area contributed by atoms with Crippen LogP contribution < -0.4 is 10.1 Å². The summed E-state index contributed by atoms with van der Waals surface area (Å²) in [5.41, 5.74) is 0.456. The van der Waals surface area contributed by atoms with Crippen molar-refractivity contribution in [1.29, 1.82) is 0 Å². The Kier molecular flexibility index (Phi) is 6.14. The van der Waals surface area contributed by atoms with Crippen molar-refractivity contribution < 1.29 is 18.7 Å². The first-order valence-corrected chi connectivity index (χ1v) is 7.49. The van der Waals surface area contributed by atoms with Crippen molar-refractivity contribution in [3.63, 3.8) is 0 Å². The average Bonchev–Trinajstić information content (AvgIpc) is 2.54. The van der Waals surface area contributed by atoms with Crippen LogP contribution >= 0.6 is 11.6 Å². The van der Waals surface area contributed by atoms with Crippen LogP contribution in [0.3, 0.4) is 0 Å². The number of hydrogen-bond acceptors (Lipinski definition) is 3. The zero-order chi connectivity index (χ0) is 17.5. The molecule has 1 N–H and O–H groups in total. The van der Waals surface area contributed by atoms with E-state index in [1.165, 1.54) is 36.2 Å². The fourth-order valence-corrected chi connectivity index (χ4v) is 2.03. The molecule has 0 unspecified atom stereocenters. The quantitative estimate of drug-likeness (QED) is 0.871. The number of rotatable bonds is 6. The molecule has 5 nitrogen and oxygen atoms in total. The number of carbonyl (C=O) groups excluding carboxylic acids is 2. The number of carbonyl (C=O) groups is 2. The van der Waals surface area contributed by atoms with Crippen molar-refractivity contribution in [1.82, 2.24) is 4.90 Å². The Morgan fingerprint density at radius 3 is 2.58 bits per heavy atom. The van der Waals surface area contributed by atoms with Gasteiger partial charge in [0, 0.05) is 17.8 Å². The van der Waals surface area contributed by atoms with E-state index < -0.39 is 5.82 Å². The van der Waals surface area contributed by atoms with E-state index in [1.54, 1.807) is 24.3 Å². The lowest BCUT2D eigenvalue weighted by Gasteiger charge is -2.17. The molecule has 0 fully saturated rings. The summed E-state index contributed by atoms with van der Waals surface area (Å²) < 4.78 is 18.1. The molecule has 2 amide bonds. The molecule has 2 aromatic carbocycles. The van der Waals surface area contributed by atoms with Crippen LogP contribution in [0.4, 0.5) is 10.1 Å². The molecule has 0 bridgehead atoms. The number of amides is 2. The average molecular weight is 351 g/mol. The Bertz CT molecular complexity index is 722. The summed E-state index contributed by atoms with van der Waals surface area (Å²) in [5, 5.41) is 3.08. The molecule has 0 aliphatic rings. The monoisotopic (exact) mass is 350 g/mol. The Morgan fingerprint density at radius 2 is 1.92 bits per heavy atom. The number of nitrogens with one attached hydrogen (secondary N) is 1. The normalized spacial score (nSPS) is 10.1. The number of halogens is 2. The third-order valence-electron chi connectivity index (χ3n) is 3.09. The van der Waals surface area contributed by atoms with Crippen LogP contribution in [0.15, 0.2) is 48.5 Å². The van der Waals surface area contributed by atoms with Crippen LogP contribution in [-0.2, 0) is 9.59 Å². The second-order valence-electron chi connectivity index (χ2n) is 5.05. The van der Waals surface area contributed by atoms with Gasteiger partial charge in [0.25, 0.3) is 5.91 Å². The molecule has 7 heteroatoms. The fourth-order valence-electron chi connectivity index (χ4n) is 1.85.